The topological polar surface area (TPSA) is 21.3 Å². The maximum absolute atomic E-state index is 6.21. The molecule has 2 aromatic heterocycles. The van der Waals surface area contributed by atoms with Crippen LogP contribution in [-0.4, -0.2) is 4.57 Å². The van der Waals surface area contributed by atoms with Gasteiger partial charge in [-0.3, -0.25) is 0 Å². The summed E-state index contributed by atoms with van der Waals surface area (Å²) in [6.07, 6.45) is 0. The molecule has 0 radical (unpaired) electrons. The van der Waals surface area contributed by atoms with E-state index < -0.39 is 0 Å². The Morgan fingerprint density at radius 3 is 1.78 bits per heavy atom. The highest BCUT2D eigenvalue weighted by Crippen LogP contribution is 2.45. The second kappa shape index (κ2) is 12.6. The normalized spacial score (nSPS) is 11.6. The Balaban J connectivity index is 1.05. The van der Waals surface area contributed by atoms with Crippen molar-refractivity contribution in [3.63, 3.8) is 0 Å². The van der Waals surface area contributed by atoms with E-state index >= 15 is 0 Å². The zero-order valence-electron chi connectivity index (χ0n) is 29.9. The molecule has 0 saturated heterocycles. The van der Waals surface area contributed by atoms with Gasteiger partial charge in [0.1, 0.15) is 11.2 Å². The summed E-state index contributed by atoms with van der Waals surface area (Å²) in [5.41, 5.74) is 13.3. The maximum Gasteiger partial charge on any atom is 0.135 e. The first kappa shape index (κ1) is 31.2. The molecule has 0 N–H and O–H groups in total. The molecule has 0 unspecified atom stereocenters. The second-order valence-corrected chi connectivity index (χ2v) is 14.1. The van der Waals surface area contributed by atoms with E-state index in [0.717, 1.165) is 61.4 Å². The molecule has 2 heterocycles. The van der Waals surface area contributed by atoms with Gasteiger partial charge in [0, 0.05) is 43.9 Å². The molecule has 0 saturated carbocycles. The second-order valence-electron chi connectivity index (χ2n) is 14.1. The van der Waals surface area contributed by atoms with E-state index in [1.807, 2.05) is 12.1 Å². The van der Waals surface area contributed by atoms with Crippen LogP contribution in [0.15, 0.2) is 211 Å². The minimum absolute atomic E-state index is 0.895. The van der Waals surface area contributed by atoms with Gasteiger partial charge in [0.25, 0.3) is 0 Å². The lowest BCUT2D eigenvalue weighted by atomic mass is 9.98. The molecule has 0 bridgehead atoms. The molecule has 258 valence electrons. The third-order valence-electron chi connectivity index (χ3n) is 11.0. The first-order chi connectivity index (χ1) is 27.3. The summed E-state index contributed by atoms with van der Waals surface area (Å²) in [5, 5.41) is 7.17. The van der Waals surface area contributed by atoms with E-state index in [4.69, 9.17) is 4.42 Å². The summed E-state index contributed by atoms with van der Waals surface area (Å²) < 4.78 is 8.59. The Morgan fingerprint density at radius 2 is 0.964 bits per heavy atom. The number of nitrogens with zero attached hydrogens (tertiary/aromatic N) is 2. The standard InChI is InChI=1S/C52H34N2O/c1-2-17-41-36(13-1)14-12-25-48(41)53(47-22-7-3-18-42(47)38-29-32-52-46(34-38)45-21-6-10-26-51(45)55-52)39-30-27-35(28-31-39)37-15-11-16-40(33-37)54-49-23-8-4-19-43(49)44-20-5-9-24-50(44)54/h1-34H. The molecule has 0 aliphatic heterocycles. The first-order valence-corrected chi connectivity index (χ1v) is 18.8. The van der Waals surface area contributed by atoms with Crippen molar-refractivity contribution in [2.24, 2.45) is 0 Å². The molecular formula is C52H34N2O. The van der Waals surface area contributed by atoms with Crippen molar-refractivity contribution in [1.29, 1.82) is 0 Å². The third kappa shape index (κ3) is 5.13. The number of benzene rings is 9. The van der Waals surface area contributed by atoms with Crippen LogP contribution < -0.4 is 4.90 Å². The molecule has 3 heteroatoms. The van der Waals surface area contributed by atoms with Gasteiger partial charge in [-0.2, -0.15) is 0 Å². The monoisotopic (exact) mass is 702 g/mol. The Hall–Kier alpha value is -7.36. The Kier molecular flexibility index (Phi) is 7.17. The van der Waals surface area contributed by atoms with Crippen molar-refractivity contribution in [2.75, 3.05) is 4.90 Å². The summed E-state index contributed by atoms with van der Waals surface area (Å²) in [5.74, 6) is 0. The van der Waals surface area contributed by atoms with E-state index in [1.54, 1.807) is 0 Å². The highest BCUT2D eigenvalue weighted by Gasteiger charge is 2.20. The van der Waals surface area contributed by atoms with Gasteiger partial charge in [0.15, 0.2) is 0 Å². The number of hydrogen-bond acceptors (Lipinski definition) is 2. The quantitative estimate of drug-likeness (QED) is 0.172. The minimum atomic E-state index is 0.895. The van der Waals surface area contributed by atoms with Crippen molar-refractivity contribution in [1.82, 2.24) is 4.57 Å². The number of para-hydroxylation sites is 4. The predicted molar refractivity (Wildman–Crippen MR) is 231 cm³/mol. The van der Waals surface area contributed by atoms with Crippen LogP contribution in [-0.2, 0) is 0 Å². The molecule has 0 amide bonds. The first-order valence-electron chi connectivity index (χ1n) is 18.8. The van der Waals surface area contributed by atoms with Crippen molar-refractivity contribution in [3.05, 3.63) is 206 Å². The average molecular weight is 703 g/mol. The Morgan fingerprint density at radius 1 is 0.364 bits per heavy atom. The summed E-state index contributed by atoms with van der Waals surface area (Å²) in [6, 6.07) is 74.0. The smallest absolute Gasteiger partial charge is 0.135 e. The number of fused-ring (bicyclic) bond motifs is 7. The fourth-order valence-electron chi connectivity index (χ4n) is 8.45. The van der Waals surface area contributed by atoms with Crippen molar-refractivity contribution < 1.29 is 4.42 Å². The van der Waals surface area contributed by atoms with Crippen LogP contribution >= 0.6 is 0 Å². The highest BCUT2D eigenvalue weighted by molar-refractivity contribution is 6.10. The summed E-state index contributed by atoms with van der Waals surface area (Å²) in [6.45, 7) is 0. The molecule has 55 heavy (non-hydrogen) atoms. The predicted octanol–water partition coefficient (Wildman–Crippen LogP) is 14.6. The SMILES string of the molecule is c1cc(-c2ccc(N(c3ccccc3-c3ccc4oc5ccccc5c4c3)c3cccc4ccccc34)cc2)cc(-n2c3ccccc3c3ccccc32)c1. The average Bonchev–Trinajstić information content (AvgIpc) is 3.80. The van der Waals surface area contributed by atoms with Crippen LogP contribution in [0.1, 0.15) is 0 Å². The van der Waals surface area contributed by atoms with Gasteiger partial charge < -0.3 is 13.9 Å². The van der Waals surface area contributed by atoms with E-state index in [-0.39, 0.29) is 0 Å². The molecule has 11 aromatic rings. The van der Waals surface area contributed by atoms with Crippen LogP contribution in [0.4, 0.5) is 17.1 Å². The highest BCUT2D eigenvalue weighted by atomic mass is 16.3. The van der Waals surface area contributed by atoms with E-state index in [9.17, 15) is 0 Å². The fraction of sp³-hybridized carbons (Fsp3) is 0. The maximum atomic E-state index is 6.21. The molecular weight excluding hydrogens is 669 g/mol. The van der Waals surface area contributed by atoms with Gasteiger partial charge in [-0.1, -0.05) is 140 Å². The summed E-state index contributed by atoms with van der Waals surface area (Å²) in [7, 11) is 0. The van der Waals surface area contributed by atoms with Crippen LogP contribution in [0.3, 0.4) is 0 Å². The molecule has 0 fully saturated rings. The Bertz CT molecular complexity index is 3160. The fourth-order valence-corrected chi connectivity index (χ4v) is 8.45. The lowest BCUT2D eigenvalue weighted by Gasteiger charge is -2.29. The third-order valence-corrected chi connectivity index (χ3v) is 11.0. The molecule has 0 aliphatic rings. The van der Waals surface area contributed by atoms with Gasteiger partial charge in [0.05, 0.1) is 22.4 Å². The number of rotatable bonds is 6. The van der Waals surface area contributed by atoms with Crippen molar-refractivity contribution >= 4 is 71.6 Å². The van der Waals surface area contributed by atoms with Crippen LogP contribution in [0.5, 0.6) is 0 Å². The lowest BCUT2D eigenvalue weighted by Crippen LogP contribution is -2.11. The zero-order valence-corrected chi connectivity index (χ0v) is 29.9. The molecule has 0 aliphatic carbocycles. The largest absolute Gasteiger partial charge is 0.456 e. The van der Waals surface area contributed by atoms with Gasteiger partial charge in [0.2, 0.25) is 0 Å². The molecule has 0 atom stereocenters. The van der Waals surface area contributed by atoms with E-state index in [0.29, 0.717) is 0 Å². The minimum Gasteiger partial charge on any atom is -0.456 e. The number of furan rings is 1. The van der Waals surface area contributed by atoms with Crippen LogP contribution in [0.2, 0.25) is 0 Å². The lowest BCUT2D eigenvalue weighted by molar-refractivity contribution is 0.669. The Labute approximate surface area is 318 Å². The van der Waals surface area contributed by atoms with Gasteiger partial charge in [-0.05, 0) is 88.8 Å². The van der Waals surface area contributed by atoms with Gasteiger partial charge in [-0.15, -0.1) is 0 Å². The van der Waals surface area contributed by atoms with E-state index in [1.165, 1.54) is 38.1 Å². The van der Waals surface area contributed by atoms with E-state index in [2.05, 4.69) is 204 Å². The summed E-state index contributed by atoms with van der Waals surface area (Å²) >= 11 is 0. The molecule has 11 rings (SSSR count). The van der Waals surface area contributed by atoms with Crippen LogP contribution in [0.25, 0.3) is 82.5 Å². The number of anilines is 3. The van der Waals surface area contributed by atoms with Crippen LogP contribution in [0, 0.1) is 0 Å². The van der Waals surface area contributed by atoms with Crippen molar-refractivity contribution in [3.8, 4) is 27.9 Å². The van der Waals surface area contributed by atoms with Crippen molar-refractivity contribution in [2.45, 2.75) is 0 Å². The summed E-state index contributed by atoms with van der Waals surface area (Å²) in [4.78, 5) is 2.41. The zero-order chi connectivity index (χ0) is 36.3. The van der Waals surface area contributed by atoms with Gasteiger partial charge >= 0.3 is 0 Å². The molecule has 0 spiro atoms. The number of aromatic nitrogens is 1. The van der Waals surface area contributed by atoms with Gasteiger partial charge in [-0.25, -0.2) is 0 Å². The number of hydrogen-bond donors (Lipinski definition) is 0. The molecule has 9 aromatic carbocycles. The molecule has 3 nitrogen and oxygen atoms in total.